The first-order valence-corrected chi connectivity index (χ1v) is 21.0. The molecule has 0 aliphatic heterocycles. The summed E-state index contributed by atoms with van der Waals surface area (Å²) in [6.07, 6.45) is 41.6. The Kier molecular flexibility index (Phi) is 28.0. The van der Waals surface area contributed by atoms with Crippen LogP contribution in [0.15, 0.2) is 24.3 Å². The van der Waals surface area contributed by atoms with Crippen molar-refractivity contribution in [2.45, 2.75) is 193 Å². The smallest absolute Gasteiger partial charge is 0.140 e. The molecule has 0 aliphatic carbocycles. The van der Waals surface area contributed by atoms with Crippen molar-refractivity contribution in [3.05, 3.63) is 29.8 Å². The quantitative estimate of drug-likeness (QED) is 0.0471. The Bertz CT molecular complexity index is 618. The van der Waals surface area contributed by atoms with Gasteiger partial charge in [-0.25, -0.2) is 0 Å². The Morgan fingerprint density at radius 2 is 0.692 bits per heavy atom. The fourth-order valence-electron chi connectivity index (χ4n) is 5.91. The molecule has 0 bridgehead atoms. The Morgan fingerprint density at radius 1 is 0.410 bits per heavy atom. The van der Waals surface area contributed by atoms with E-state index in [0.29, 0.717) is 0 Å². The first-order chi connectivity index (χ1) is 19.3. The molecule has 3 heteroatoms. The van der Waals surface area contributed by atoms with Crippen molar-refractivity contribution in [3.63, 3.8) is 0 Å². The topological polar surface area (TPSA) is 0 Å². The number of hydrogen-bond acceptors (Lipinski definition) is 0. The SMILES string of the molecule is CCCCCCCCCCCCCCCCCCCCCCCCCCCCCCc1ccccc1[Si](Cl)Cl. The van der Waals surface area contributed by atoms with Gasteiger partial charge < -0.3 is 0 Å². The average Bonchev–Trinajstić information content (AvgIpc) is 2.94. The van der Waals surface area contributed by atoms with Crippen molar-refractivity contribution in [3.8, 4) is 0 Å². The summed E-state index contributed by atoms with van der Waals surface area (Å²) in [5.41, 5.74) is 1.37. The van der Waals surface area contributed by atoms with Crippen molar-refractivity contribution in [2.24, 2.45) is 0 Å². The molecule has 0 saturated carbocycles. The normalized spacial score (nSPS) is 11.6. The van der Waals surface area contributed by atoms with Gasteiger partial charge in [0.25, 0.3) is 0 Å². The van der Waals surface area contributed by atoms with Gasteiger partial charge in [-0.2, -0.15) is 0 Å². The summed E-state index contributed by atoms with van der Waals surface area (Å²) in [6.45, 7) is 2.30. The molecule has 0 amide bonds. The molecule has 0 unspecified atom stereocenters. The average molecular weight is 597 g/mol. The maximum absolute atomic E-state index is 6.19. The standard InChI is InChI=1S/C36H65Cl2Si/c1-2-3-4-5-6-7-8-9-10-11-12-13-14-15-16-17-18-19-20-21-22-23-24-25-26-27-28-29-32-35-33-30-31-34-36(35)39(37)38/h30-31,33-34H,2-29,32H2,1H3. The second-order valence-electron chi connectivity index (χ2n) is 12.2. The van der Waals surface area contributed by atoms with Gasteiger partial charge in [-0.1, -0.05) is 205 Å². The van der Waals surface area contributed by atoms with Crippen LogP contribution in [0.2, 0.25) is 0 Å². The largest absolute Gasteiger partial charge is 0.307 e. The molecule has 1 aromatic carbocycles. The van der Waals surface area contributed by atoms with Gasteiger partial charge in [0.1, 0.15) is 0 Å². The highest BCUT2D eigenvalue weighted by molar-refractivity contribution is 7.39. The fraction of sp³-hybridized carbons (Fsp3) is 0.833. The molecule has 0 saturated heterocycles. The van der Waals surface area contributed by atoms with Crippen molar-refractivity contribution < 1.29 is 0 Å². The fourth-order valence-corrected chi connectivity index (χ4v) is 7.69. The van der Waals surface area contributed by atoms with Gasteiger partial charge in [0.05, 0.1) is 0 Å². The highest BCUT2D eigenvalue weighted by Crippen LogP contribution is 2.17. The van der Waals surface area contributed by atoms with Crippen molar-refractivity contribution in [1.82, 2.24) is 0 Å². The molecule has 1 aromatic rings. The highest BCUT2D eigenvalue weighted by atomic mass is 35.7. The van der Waals surface area contributed by atoms with Gasteiger partial charge >= 0.3 is 7.42 Å². The molecule has 1 radical (unpaired) electrons. The van der Waals surface area contributed by atoms with Gasteiger partial charge in [-0.15, -0.1) is 22.2 Å². The van der Waals surface area contributed by atoms with Crippen LogP contribution in [0.25, 0.3) is 0 Å². The number of rotatable bonds is 30. The number of unbranched alkanes of at least 4 members (excludes halogenated alkanes) is 27. The van der Waals surface area contributed by atoms with Crippen molar-refractivity contribution >= 4 is 34.8 Å². The van der Waals surface area contributed by atoms with Crippen LogP contribution in [0.3, 0.4) is 0 Å². The molecule has 0 aromatic heterocycles. The Labute approximate surface area is 256 Å². The van der Waals surface area contributed by atoms with E-state index in [1.54, 1.807) is 0 Å². The van der Waals surface area contributed by atoms with Crippen LogP contribution < -0.4 is 5.19 Å². The van der Waals surface area contributed by atoms with E-state index < -0.39 is 7.42 Å². The summed E-state index contributed by atoms with van der Waals surface area (Å²) in [4.78, 5) is 0. The molecular weight excluding hydrogens is 531 g/mol. The van der Waals surface area contributed by atoms with Gasteiger partial charge in [-0.05, 0) is 23.6 Å². The van der Waals surface area contributed by atoms with Crippen LogP contribution in [0.5, 0.6) is 0 Å². The summed E-state index contributed by atoms with van der Waals surface area (Å²) < 4.78 is 0. The van der Waals surface area contributed by atoms with Crippen LogP contribution in [0.1, 0.15) is 192 Å². The third kappa shape index (κ3) is 24.3. The predicted molar refractivity (Wildman–Crippen MR) is 182 cm³/mol. The minimum Gasteiger partial charge on any atom is -0.140 e. The van der Waals surface area contributed by atoms with E-state index in [1.165, 1.54) is 191 Å². The third-order valence-electron chi connectivity index (χ3n) is 8.52. The number of hydrogen-bond donors (Lipinski definition) is 0. The van der Waals surface area contributed by atoms with Gasteiger partial charge in [-0.3, -0.25) is 0 Å². The van der Waals surface area contributed by atoms with Gasteiger partial charge in [0.15, 0.2) is 0 Å². The summed E-state index contributed by atoms with van der Waals surface area (Å²) in [7, 11) is -1.38. The molecule has 1 rings (SSSR count). The second kappa shape index (κ2) is 29.5. The Hall–Kier alpha value is 0.0169. The lowest BCUT2D eigenvalue weighted by molar-refractivity contribution is 0.514. The first kappa shape index (κ1) is 37.0. The van der Waals surface area contributed by atoms with Crippen LogP contribution in [-0.4, -0.2) is 7.42 Å². The van der Waals surface area contributed by atoms with Gasteiger partial charge in [0, 0.05) is 0 Å². The van der Waals surface area contributed by atoms with Crippen LogP contribution in [-0.2, 0) is 6.42 Å². The summed E-state index contributed by atoms with van der Waals surface area (Å²) in [5, 5.41) is 1.19. The maximum atomic E-state index is 6.19. The molecule has 0 fully saturated rings. The lowest BCUT2D eigenvalue weighted by Crippen LogP contribution is -2.22. The lowest BCUT2D eigenvalue weighted by Gasteiger charge is -2.08. The Balaban J connectivity index is 1.70. The van der Waals surface area contributed by atoms with E-state index in [1.807, 2.05) is 0 Å². The molecule has 0 aliphatic rings. The summed E-state index contributed by atoms with van der Waals surface area (Å²) >= 11 is 12.4. The maximum Gasteiger partial charge on any atom is 0.307 e. The van der Waals surface area contributed by atoms with E-state index in [9.17, 15) is 0 Å². The number of benzene rings is 1. The number of halogens is 2. The zero-order valence-electron chi connectivity index (χ0n) is 26.1. The second-order valence-corrected chi connectivity index (χ2v) is 16.1. The van der Waals surface area contributed by atoms with Crippen LogP contribution >= 0.6 is 22.2 Å². The molecule has 0 heterocycles. The van der Waals surface area contributed by atoms with Crippen molar-refractivity contribution in [2.75, 3.05) is 0 Å². The Morgan fingerprint density at radius 3 is 1.00 bits per heavy atom. The first-order valence-electron chi connectivity index (χ1n) is 17.5. The van der Waals surface area contributed by atoms with E-state index >= 15 is 0 Å². The molecular formula is C36H65Cl2Si. The highest BCUT2D eigenvalue weighted by Gasteiger charge is 2.11. The van der Waals surface area contributed by atoms with E-state index in [0.717, 1.165) is 6.42 Å². The minimum absolute atomic E-state index is 1.13. The third-order valence-corrected chi connectivity index (χ3v) is 10.6. The number of aryl methyl sites for hydroxylation is 1. The van der Waals surface area contributed by atoms with E-state index in [2.05, 4.69) is 31.2 Å². The molecule has 0 spiro atoms. The van der Waals surface area contributed by atoms with E-state index in [-0.39, 0.29) is 0 Å². The molecule has 0 atom stereocenters. The minimum atomic E-state index is -1.38. The molecule has 227 valence electrons. The molecule has 39 heavy (non-hydrogen) atoms. The summed E-state index contributed by atoms with van der Waals surface area (Å²) in [5.74, 6) is 0. The molecule has 0 N–H and O–H groups in total. The van der Waals surface area contributed by atoms with Crippen LogP contribution in [0, 0.1) is 0 Å². The molecule has 0 nitrogen and oxygen atoms in total. The van der Waals surface area contributed by atoms with Crippen molar-refractivity contribution in [1.29, 1.82) is 0 Å². The van der Waals surface area contributed by atoms with Gasteiger partial charge in [0.2, 0.25) is 0 Å². The zero-order chi connectivity index (χ0) is 28.1. The summed E-state index contributed by atoms with van der Waals surface area (Å²) in [6, 6.07) is 8.46. The zero-order valence-corrected chi connectivity index (χ0v) is 28.6. The van der Waals surface area contributed by atoms with E-state index in [4.69, 9.17) is 22.2 Å². The monoisotopic (exact) mass is 595 g/mol. The lowest BCUT2D eigenvalue weighted by atomic mass is 10.0. The van der Waals surface area contributed by atoms with Crippen LogP contribution in [0.4, 0.5) is 0 Å². The predicted octanol–water partition coefficient (Wildman–Crippen LogP) is 13.3.